The minimum Gasteiger partial charge on any atom is -0.507 e. The number of allylic oxidation sites excluding steroid dienone is 10. The highest BCUT2D eigenvalue weighted by Crippen LogP contribution is 2.42. The van der Waals surface area contributed by atoms with Crippen molar-refractivity contribution in [3.63, 3.8) is 0 Å². The van der Waals surface area contributed by atoms with Gasteiger partial charge in [-0.1, -0.05) is 133 Å². The van der Waals surface area contributed by atoms with E-state index in [-0.39, 0.29) is 60.5 Å². The number of epoxide rings is 1. The highest BCUT2D eigenvalue weighted by molar-refractivity contribution is 8.76. The molecule has 4 rings (SSSR count). The third-order valence-corrected chi connectivity index (χ3v) is 12.6. The third-order valence-electron chi connectivity index (χ3n) is 10.1. The number of phenols is 1. The molecule has 0 spiro atoms. The topological polar surface area (TPSA) is 195 Å². The van der Waals surface area contributed by atoms with Crippen molar-refractivity contribution >= 4 is 51.2 Å². The van der Waals surface area contributed by atoms with Crippen LogP contribution in [0.4, 0.5) is 0 Å². The first-order chi connectivity index (χ1) is 33.5. The summed E-state index contributed by atoms with van der Waals surface area (Å²) in [5.74, 6) is -1.23. The van der Waals surface area contributed by atoms with Crippen molar-refractivity contribution in [1.29, 1.82) is 0 Å². The van der Waals surface area contributed by atoms with E-state index in [9.17, 15) is 29.1 Å². The first-order valence-electron chi connectivity index (χ1n) is 23.3. The van der Waals surface area contributed by atoms with Crippen LogP contribution in [0.1, 0.15) is 105 Å². The molecule has 3 atom stereocenters. The smallest absolute Gasteiger partial charge is 0.347 e. The molecular weight excluding hydrogens is 917 g/mol. The number of nitrogens with zero attached hydrogens (tertiary/aromatic N) is 1. The summed E-state index contributed by atoms with van der Waals surface area (Å²) < 4.78 is 23.0. The Balaban J connectivity index is 1.11. The molecule has 2 heterocycles. The average Bonchev–Trinajstić information content (AvgIpc) is 4.13. The van der Waals surface area contributed by atoms with Crippen LogP contribution in [0.3, 0.4) is 0 Å². The van der Waals surface area contributed by atoms with Crippen LogP contribution in [0, 0.1) is 5.41 Å². The van der Waals surface area contributed by atoms with Crippen molar-refractivity contribution in [2.24, 2.45) is 5.41 Å². The van der Waals surface area contributed by atoms with Crippen molar-refractivity contribution in [1.82, 2.24) is 20.9 Å². The van der Waals surface area contributed by atoms with Gasteiger partial charge in [-0.3, -0.25) is 24.2 Å². The lowest BCUT2D eigenvalue weighted by Gasteiger charge is -2.32. The summed E-state index contributed by atoms with van der Waals surface area (Å²) in [6, 6.07) is 16.0. The Hall–Kier alpha value is -5.94. The molecule has 1 fully saturated rings. The Morgan fingerprint density at radius 2 is 1.45 bits per heavy atom. The van der Waals surface area contributed by atoms with Gasteiger partial charge < -0.3 is 40.0 Å². The lowest BCUT2D eigenvalue weighted by molar-refractivity contribution is -0.161. The Labute approximate surface area is 414 Å². The van der Waals surface area contributed by atoms with E-state index in [2.05, 4.69) is 70.4 Å². The fourth-order valence-electron chi connectivity index (χ4n) is 6.39. The summed E-state index contributed by atoms with van der Waals surface area (Å²) in [5, 5.41) is 18.5. The van der Waals surface area contributed by atoms with Crippen molar-refractivity contribution < 1.29 is 48.0 Å². The van der Waals surface area contributed by atoms with E-state index in [4.69, 9.17) is 18.9 Å². The summed E-state index contributed by atoms with van der Waals surface area (Å²) in [7, 11) is 3.05. The molecule has 370 valence electrons. The first kappa shape index (κ1) is 55.7. The predicted molar refractivity (Wildman–Crippen MR) is 273 cm³/mol. The zero-order valence-electron chi connectivity index (χ0n) is 39.7. The number of carbonyl (C=O) groups is 5. The van der Waals surface area contributed by atoms with Crippen LogP contribution in [0.5, 0.6) is 11.5 Å². The highest BCUT2D eigenvalue weighted by Gasteiger charge is 2.48. The van der Waals surface area contributed by atoms with Crippen LogP contribution in [-0.2, 0) is 28.6 Å². The number of hydrogen-bond donors (Lipinski definition) is 4. The number of aromatic hydroxyl groups is 1. The number of carbonyl (C=O) groups excluding carboxylic acids is 5. The molecule has 3 amide bonds. The summed E-state index contributed by atoms with van der Waals surface area (Å²) in [6.45, 7) is 6.43. The van der Waals surface area contributed by atoms with Crippen molar-refractivity contribution in [2.45, 2.75) is 90.6 Å². The van der Waals surface area contributed by atoms with Gasteiger partial charge >= 0.3 is 11.9 Å². The van der Waals surface area contributed by atoms with Crippen molar-refractivity contribution in [3.8, 4) is 11.5 Å². The number of benzene rings is 2. The number of nitrogens with one attached hydrogen (secondary N) is 3. The Morgan fingerprint density at radius 1 is 0.783 bits per heavy atom. The Kier molecular flexibility index (Phi) is 25.8. The first-order valence-corrected chi connectivity index (χ1v) is 25.8. The van der Waals surface area contributed by atoms with E-state index < -0.39 is 41.7 Å². The SMILES string of the molecule is CC/C=C\C/C=C\C/C=C\C/C=C/C=C\CCCC(=O)OCC(C)(C)[C@@H](O[C@@H]1OC1c1cccnc1)C(=O)NCCC(=O)NCCSSCCNC(=O)c1ccccc1OC(=O)c1ccccc1O. The van der Waals surface area contributed by atoms with Crippen LogP contribution >= 0.6 is 21.6 Å². The van der Waals surface area contributed by atoms with Crippen LogP contribution < -0.4 is 20.7 Å². The normalized spacial score (nSPS) is 15.2. The van der Waals surface area contributed by atoms with Crippen molar-refractivity contribution in [2.75, 3.05) is 37.7 Å². The van der Waals surface area contributed by atoms with Crippen LogP contribution in [0.25, 0.3) is 0 Å². The molecule has 2 aromatic carbocycles. The average molecular weight is 983 g/mol. The number of rotatable bonds is 32. The molecule has 69 heavy (non-hydrogen) atoms. The number of phenolic OH excluding ortho intramolecular Hbond substituents is 1. The van der Waals surface area contributed by atoms with Gasteiger partial charge in [-0.05, 0) is 68.9 Å². The van der Waals surface area contributed by atoms with E-state index in [0.29, 0.717) is 31.0 Å². The molecule has 1 unspecified atom stereocenters. The van der Waals surface area contributed by atoms with Crippen LogP contribution in [-0.4, -0.2) is 89.9 Å². The summed E-state index contributed by atoms with van der Waals surface area (Å²) in [5.41, 5.74) is 0.0364. The number of esters is 2. The molecule has 16 heteroatoms. The molecule has 3 aromatic rings. The maximum absolute atomic E-state index is 13.6. The van der Waals surface area contributed by atoms with E-state index >= 15 is 0 Å². The second kappa shape index (κ2) is 32.0. The molecular formula is C53H66N4O10S2. The number of aromatic nitrogens is 1. The number of para-hydroxylation sites is 2. The van der Waals surface area contributed by atoms with Crippen LogP contribution in [0.2, 0.25) is 0 Å². The molecule has 1 aromatic heterocycles. The molecule has 0 bridgehead atoms. The van der Waals surface area contributed by atoms with Gasteiger partial charge in [-0.25, -0.2) is 4.79 Å². The minimum absolute atomic E-state index is 0.0134. The summed E-state index contributed by atoms with van der Waals surface area (Å²) >= 11 is 0. The van der Waals surface area contributed by atoms with Crippen molar-refractivity contribution in [3.05, 3.63) is 151 Å². The monoisotopic (exact) mass is 982 g/mol. The van der Waals surface area contributed by atoms with Gasteiger partial charge in [0, 0.05) is 67.4 Å². The number of pyridine rings is 1. The Bertz CT molecular complexity index is 2230. The molecule has 1 saturated heterocycles. The number of hydrogen-bond acceptors (Lipinski definition) is 13. The van der Waals surface area contributed by atoms with Gasteiger partial charge in [-0.15, -0.1) is 0 Å². The van der Waals surface area contributed by atoms with E-state index in [0.717, 1.165) is 37.7 Å². The quantitative estimate of drug-likeness (QED) is 0.00880. The number of ether oxygens (including phenoxy) is 4. The summed E-state index contributed by atoms with van der Waals surface area (Å²) in [4.78, 5) is 68.6. The van der Waals surface area contributed by atoms with E-state index in [1.165, 1.54) is 39.8 Å². The number of amides is 3. The standard InChI is InChI=1S/C53H66N4O10S2/c1-4-5-6-7-8-9-10-11-12-13-14-15-16-17-18-19-30-46(60)64-39-53(2,3)48(67-52-47(66-52)40-25-24-32-54-38-40)50(62)56-33-31-45(59)55-34-36-68-69-37-35-57-49(61)42-27-21-23-29-44(42)65-51(63)41-26-20-22-28-43(41)58/h5-6,8-9,11-12,14-17,20-29,32,38,47-48,52,58H,4,7,10,13,18-19,30-31,33-37,39H2,1-3H3,(H,55,59)(H,56,62)(H,57,61)/b6-5-,9-8-,12-11-,15-14+,17-16-/t47?,48-,52-/m0/s1. The maximum Gasteiger partial charge on any atom is 0.347 e. The van der Waals surface area contributed by atoms with Gasteiger partial charge in [0.25, 0.3) is 5.91 Å². The lowest BCUT2D eigenvalue weighted by atomic mass is 9.86. The van der Waals surface area contributed by atoms with E-state index in [1.807, 2.05) is 24.3 Å². The fourth-order valence-corrected chi connectivity index (χ4v) is 8.20. The van der Waals surface area contributed by atoms with Gasteiger partial charge in [0.1, 0.15) is 29.3 Å². The van der Waals surface area contributed by atoms with E-state index in [1.54, 1.807) is 62.6 Å². The lowest BCUT2D eigenvalue weighted by Crippen LogP contribution is -2.49. The maximum atomic E-state index is 13.6. The zero-order chi connectivity index (χ0) is 49.5. The largest absolute Gasteiger partial charge is 0.507 e. The zero-order valence-corrected chi connectivity index (χ0v) is 41.4. The minimum atomic E-state index is -1.06. The molecule has 0 saturated carbocycles. The van der Waals surface area contributed by atoms with Gasteiger partial charge in [0.2, 0.25) is 11.8 Å². The molecule has 14 nitrogen and oxygen atoms in total. The second-order valence-electron chi connectivity index (χ2n) is 16.3. The van der Waals surface area contributed by atoms with Gasteiger partial charge in [0.05, 0.1) is 12.2 Å². The molecule has 0 aliphatic carbocycles. The molecule has 4 N–H and O–H groups in total. The third kappa shape index (κ3) is 21.9. The molecule has 1 aliphatic rings. The fraction of sp³-hybridized carbons (Fsp3) is 0.396. The molecule has 1 aliphatic heterocycles. The predicted octanol–water partition coefficient (Wildman–Crippen LogP) is 9.32. The highest BCUT2D eigenvalue weighted by atomic mass is 33.1. The van der Waals surface area contributed by atoms with Gasteiger partial charge in [0.15, 0.2) is 6.29 Å². The van der Waals surface area contributed by atoms with Gasteiger partial charge in [-0.2, -0.15) is 0 Å². The van der Waals surface area contributed by atoms with Crippen LogP contribution in [0.15, 0.2) is 134 Å². The Morgan fingerprint density at radius 3 is 2.16 bits per heavy atom. The number of unbranched alkanes of at least 4 members (excludes halogenated alkanes) is 1. The second-order valence-corrected chi connectivity index (χ2v) is 19.1. The summed E-state index contributed by atoms with van der Waals surface area (Å²) in [6.07, 6.45) is 27.7. The molecule has 0 radical (unpaired) electrons.